The average molecular weight is 367 g/mol. The normalized spacial score (nSPS) is 18.6. The topological polar surface area (TPSA) is 36.4 Å². The molecular formula is C14H30IN3. The van der Waals surface area contributed by atoms with Crippen LogP contribution in [0.2, 0.25) is 0 Å². The van der Waals surface area contributed by atoms with Crippen molar-refractivity contribution in [1.29, 1.82) is 0 Å². The minimum atomic E-state index is 0. The van der Waals surface area contributed by atoms with Gasteiger partial charge in [-0.25, -0.2) is 0 Å². The molecule has 0 bridgehead atoms. The fourth-order valence-corrected chi connectivity index (χ4v) is 2.57. The smallest absolute Gasteiger partial charge is 0.191 e. The third-order valence-electron chi connectivity index (χ3n) is 3.95. The molecule has 0 aliphatic heterocycles. The number of guanidine groups is 1. The number of nitrogens with zero attached hydrogens (tertiary/aromatic N) is 1. The number of hydrogen-bond donors (Lipinski definition) is 2. The van der Waals surface area contributed by atoms with E-state index in [4.69, 9.17) is 0 Å². The molecule has 2 N–H and O–H groups in total. The van der Waals surface area contributed by atoms with E-state index in [0.717, 1.165) is 19.0 Å². The highest BCUT2D eigenvalue weighted by atomic mass is 127. The van der Waals surface area contributed by atoms with Crippen LogP contribution in [0.5, 0.6) is 0 Å². The van der Waals surface area contributed by atoms with Crippen LogP contribution in [0.3, 0.4) is 0 Å². The summed E-state index contributed by atoms with van der Waals surface area (Å²) in [6, 6.07) is 0. The molecule has 0 aromatic carbocycles. The molecule has 0 atom stereocenters. The molecule has 0 amide bonds. The Labute approximate surface area is 130 Å². The summed E-state index contributed by atoms with van der Waals surface area (Å²) in [5, 5.41) is 6.87. The van der Waals surface area contributed by atoms with Crippen LogP contribution in [0.1, 0.15) is 52.9 Å². The fraction of sp³-hybridized carbons (Fsp3) is 0.929. The van der Waals surface area contributed by atoms with Crippen molar-refractivity contribution in [3.05, 3.63) is 0 Å². The summed E-state index contributed by atoms with van der Waals surface area (Å²) in [7, 11) is 1.85. The van der Waals surface area contributed by atoms with Gasteiger partial charge in [0.2, 0.25) is 0 Å². The van der Waals surface area contributed by atoms with Gasteiger partial charge < -0.3 is 10.6 Å². The molecule has 18 heavy (non-hydrogen) atoms. The van der Waals surface area contributed by atoms with Crippen molar-refractivity contribution in [1.82, 2.24) is 10.6 Å². The minimum Gasteiger partial charge on any atom is -0.356 e. The third-order valence-corrected chi connectivity index (χ3v) is 3.95. The molecule has 3 nitrogen and oxygen atoms in total. The first kappa shape index (κ1) is 18.0. The lowest BCUT2D eigenvalue weighted by molar-refractivity contribution is 0.283. The molecule has 0 saturated heterocycles. The number of halogens is 1. The molecule has 4 heteroatoms. The predicted octanol–water partition coefficient (Wildman–Crippen LogP) is 3.40. The van der Waals surface area contributed by atoms with E-state index in [9.17, 15) is 0 Å². The summed E-state index contributed by atoms with van der Waals surface area (Å²) in [5.74, 6) is 1.61. The second kappa shape index (κ2) is 8.99. The number of hydrogen-bond acceptors (Lipinski definition) is 1. The number of aliphatic imine (C=N–C) groups is 1. The maximum atomic E-state index is 4.28. The highest BCUT2D eigenvalue weighted by molar-refractivity contribution is 14.0. The van der Waals surface area contributed by atoms with Gasteiger partial charge in [-0.15, -0.1) is 24.0 Å². The molecule has 1 rings (SSSR count). The number of rotatable bonds is 5. The Bertz CT molecular complexity index is 245. The Morgan fingerprint density at radius 3 is 2.28 bits per heavy atom. The summed E-state index contributed by atoms with van der Waals surface area (Å²) in [6.45, 7) is 8.80. The molecule has 0 aromatic heterocycles. The van der Waals surface area contributed by atoms with Gasteiger partial charge in [0.1, 0.15) is 0 Å². The molecule has 0 unspecified atom stereocenters. The Morgan fingerprint density at radius 2 is 1.83 bits per heavy atom. The Kier molecular flexibility index (Phi) is 8.99. The zero-order chi connectivity index (χ0) is 12.7. The van der Waals surface area contributed by atoms with Crippen molar-refractivity contribution in [3.8, 4) is 0 Å². The van der Waals surface area contributed by atoms with Crippen LogP contribution in [0.4, 0.5) is 0 Å². The molecule has 0 spiro atoms. The van der Waals surface area contributed by atoms with Crippen LogP contribution in [-0.4, -0.2) is 26.1 Å². The van der Waals surface area contributed by atoms with Gasteiger partial charge in [-0.1, -0.05) is 33.6 Å². The maximum absolute atomic E-state index is 4.28. The van der Waals surface area contributed by atoms with Crippen molar-refractivity contribution in [2.24, 2.45) is 16.3 Å². The van der Waals surface area contributed by atoms with Crippen molar-refractivity contribution in [2.45, 2.75) is 52.9 Å². The maximum Gasteiger partial charge on any atom is 0.191 e. The van der Waals surface area contributed by atoms with Gasteiger partial charge in [0.25, 0.3) is 0 Å². The second-order valence-electron chi connectivity index (χ2n) is 5.76. The lowest BCUT2D eigenvalue weighted by Crippen LogP contribution is -2.43. The van der Waals surface area contributed by atoms with Gasteiger partial charge in [-0.3, -0.25) is 4.99 Å². The van der Waals surface area contributed by atoms with E-state index in [0.29, 0.717) is 11.3 Å². The van der Waals surface area contributed by atoms with Gasteiger partial charge in [-0.05, 0) is 30.6 Å². The zero-order valence-corrected chi connectivity index (χ0v) is 14.7. The third kappa shape index (κ3) is 5.76. The first-order valence-corrected chi connectivity index (χ1v) is 7.06. The van der Waals surface area contributed by atoms with Crippen LogP contribution < -0.4 is 10.6 Å². The van der Waals surface area contributed by atoms with Crippen molar-refractivity contribution >= 4 is 29.9 Å². The standard InChI is InChI=1S/C14H29N3.HI/c1-5-14(8-6-7-9-14)11-17-13(15-4)16-10-12(2)3;/h12H,5-11H2,1-4H3,(H2,15,16,17);1H. The fourth-order valence-electron chi connectivity index (χ4n) is 2.57. The van der Waals surface area contributed by atoms with E-state index in [2.05, 4.69) is 36.4 Å². The lowest BCUT2D eigenvalue weighted by Gasteiger charge is -2.28. The van der Waals surface area contributed by atoms with E-state index in [1.54, 1.807) is 0 Å². The molecule has 1 saturated carbocycles. The zero-order valence-electron chi connectivity index (χ0n) is 12.4. The van der Waals surface area contributed by atoms with Gasteiger partial charge in [0.05, 0.1) is 0 Å². The predicted molar refractivity (Wildman–Crippen MR) is 90.8 cm³/mol. The van der Waals surface area contributed by atoms with Gasteiger partial charge in [0, 0.05) is 20.1 Å². The van der Waals surface area contributed by atoms with Crippen molar-refractivity contribution in [2.75, 3.05) is 20.1 Å². The van der Waals surface area contributed by atoms with E-state index in [1.165, 1.54) is 32.1 Å². The summed E-state index contributed by atoms with van der Waals surface area (Å²) in [6.07, 6.45) is 6.82. The van der Waals surface area contributed by atoms with Crippen LogP contribution >= 0.6 is 24.0 Å². The molecule has 108 valence electrons. The van der Waals surface area contributed by atoms with E-state index in [-0.39, 0.29) is 24.0 Å². The largest absolute Gasteiger partial charge is 0.356 e. The minimum absolute atomic E-state index is 0. The molecule has 1 fully saturated rings. The summed E-state index contributed by atoms with van der Waals surface area (Å²) < 4.78 is 0. The van der Waals surface area contributed by atoms with E-state index in [1.807, 2.05) is 7.05 Å². The van der Waals surface area contributed by atoms with E-state index < -0.39 is 0 Å². The molecule has 0 radical (unpaired) electrons. The molecule has 1 aliphatic carbocycles. The lowest BCUT2D eigenvalue weighted by atomic mass is 9.83. The summed E-state index contributed by atoms with van der Waals surface area (Å²) in [5.41, 5.74) is 0.523. The monoisotopic (exact) mass is 367 g/mol. The Balaban J connectivity index is 0.00000289. The molecule has 0 aromatic rings. The molecular weight excluding hydrogens is 337 g/mol. The first-order chi connectivity index (χ1) is 8.12. The van der Waals surface area contributed by atoms with E-state index >= 15 is 0 Å². The number of nitrogens with one attached hydrogen (secondary N) is 2. The van der Waals surface area contributed by atoms with Crippen LogP contribution in [-0.2, 0) is 0 Å². The molecule has 1 aliphatic rings. The van der Waals surface area contributed by atoms with Gasteiger partial charge in [0.15, 0.2) is 5.96 Å². The first-order valence-electron chi connectivity index (χ1n) is 7.06. The highest BCUT2D eigenvalue weighted by Gasteiger charge is 2.31. The van der Waals surface area contributed by atoms with Gasteiger partial charge in [-0.2, -0.15) is 0 Å². The summed E-state index contributed by atoms with van der Waals surface area (Å²) in [4.78, 5) is 4.28. The van der Waals surface area contributed by atoms with Crippen molar-refractivity contribution in [3.63, 3.8) is 0 Å². The Hall–Kier alpha value is 0. The molecule has 0 heterocycles. The van der Waals surface area contributed by atoms with Gasteiger partial charge >= 0.3 is 0 Å². The second-order valence-corrected chi connectivity index (χ2v) is 5.76. The summed E-state index contributed by atoms with van der Waals surface area (Å²) >= 11 is 0. The van der Waals surface area contributed by atoms with Crippen LogP contribution in [0, 0.1) is 11.3 Å². The Morgan fingerprint density at radius 1 is 1.22 bits per heavy atom. The highest BCUT2D eigenvalue weighted by Crippen LogP contribution is 2.40. The average Bonchev–Trinajstić information content (AvgIpc) is 2.78. The van der Waals surface area contributed by atoms with Crippen LogP contribution in [0.15, 0.2) is 4.99 Å². The van der Waals surface area contributed by atoms with Crippen LogP contribution in [0.25, 0.3) is 0 Å². The van der Waals surface area contributed by atoms with Crippen molar-refractivity contribution < 1.29 is 0 Å². The quantitative estimate of drug-likeness (QED) is 0.444. The SMILES string of the molecule is CCC1(CNC(=NC)NCC(C)C)CCCC1.I.